The van der Waals surface area contributed by atoms with Gasteiger partial charge in [0.05, 0.1) is 0 Å². The molecule has 2 aromatic rings. The number of nitrogens with zero attached hydrogens (tertiary/aromatic N) is 2. The number of alkyl halides is 2. The second-order valence-corrected chi connectivity index (χ2v) is 5.02. The molecule has 0 saturated heterocycles. The molecule has 21 heavy (non-hydrogen) atoms. The number of nitrogens with two attached hydrogens (primary N) is 1. The largest absolute Gasteiger partial charge is 0.324 e. The zero-order valence-corrected chi connectivity index (χ0v) is 12.3. The van der Waals surface area contributed by atoms with E-state index in [1.165, 1.54) is 0 Å². The molecule has 1 heterocycles. The van der Waals surface area contributed by atoms with Gasteiger partial charge in [0.1, 0.15) is 0 Å². The van der Waals surface area contributed by atoms with E-state index in [-0.39, 0.29) is 24.0 Å². The Morgan fingerprint density at radius 3 is 2.52 bits per heavy atom. The van der Waals surface area contributed by atoms with Crippen molar-refractivity contribution in [2.75, 3.05) is 5.32 Å². The minimum atomic E-state index is -2.69. The van der Waals surface area contributed by atoms with Gasteiger partial charge in [-0.05, 0) is 5.56 Å². The number of benzene rings is 1. The third kappa shape index (κ3) is 5.00. The second-order valence-electron chi connectivity index (χ2n) is 4.02. The highest BCUT2D eigenvalue weighted by molar-refractivity contribution is 7.15. The summed E-state index contributed by atoms with van der Waals surface area (Å²) in [6.45, 7) is 0. The number of aromatic nitrogens is 2. The molecular weight excluding hydrogens is 322 g/mol. The van der Waals surface area contributed by atoms with Crippen LogP contribution in [0.25, 0.3) is 0 Å². The normalized spacial score (nSPS) is 11.8. The van der Waals surface area contributed by atoms with E-state index < -0.39 is 23.4 Å². The number of halogens is 3. The number of anilines is 1. The topological polar surface area (TPSA) is 80.9 Å². The highest BCUT2D eigenvalue weighted by Crippen LogP contribution is 2.25. The van der Waals surface area contributed by atoms with Crippen LogP contribution in [-0.2, 0) is 4.79 Å². The summed E-state index contributed by atoms with van der Waals surface area (Å²) in [6, 6.07) is 8.68. The van der Waals surface area contributed by atoms with Crippen molar-refractivity contribution < 1.29 is 13.6 Å². The third-order valence-electron chi connectivity index (χ3n) is 2.51. The van der Waals surface area contributed by atoms with Crippen LogP contribution in [0.3, 0.4) is 0 Å². The van der Waals surface area contributed by atoms with Gasteiger partial charge in [0, 0.05) is 12.5 Å². The van der Waals surface area contributed by atoms with Crippen molar-refractivity contribution in [1.82, 2.24) is 10.2 Å². The number of amides is 1. The van der Waals surface area contributed by atoms with Gasteiger partial charge in [-0.1, -0.05) is 41.7 Å². The van der Waals surface area contributed by atoms with Gasteiger partial charge >= 0.3 is 0 Å². The lowest BCUT2D eigenvalue weighted by molar-refractivity contribution is -0.116. The molecule has 1 unspecified atom stereocenters. The van der Waals surface area contributed by atoms with Gasteiger partial charge in [0.2, 0.25) is 11.0 Å². The van der Waals surface area contributed by atoms with E-state index in [9.17, 15) is 13.6 Å². The number of nitrogens with one attached hydrogen (secondary N) is 1. The fourth-order valence-electron chi connectivity index (χ4n) is 1.56. The van der Waals surface area contributed by atoms with E-state index in [1.54, 1.807) is 0 Å². The summed E-state index contributed by atoms with van der Waals surface area (Å²) in [5.41, 5.74) is 6.72. The lowest BCUT2D eigenvalue weighted by Gasteiger charge is -2.10. The van der Waals surface area contributed by atoms with Gasteiger partial charge in [-0.15, -0.1) is 22.6 Å². The van der Waals surface area contributed by atoms with Gasteiger partial charge in [0.15, 0.2) is 5.01 Å². The summed E-state index contributed by atoms with van der Waals surface area (Å²) in [5.74, 6) is -0.390. The van der Waals surface area contributed by atoms with Gasteiger partial charge < -0.3 is 11.1 Å². The molecule has 1 aromatic carbocycles. The molecule has 0 bridgehead atoms. The van der Waals surface area contributed by atoms with Crippen LogP contribution in [-0.4, -0.2) is 16.1 Å². The summed E-state index contributed by atoms with van der Waals surface area (Å²) in [4.78, 5) is 11.7. The SMILES string of the molecule is Cl.NC(CC(=O)Nc1nnc(C(F)F)s1)c1ccccc1. The van der Waals surface area contributed by atoms with Crippen LogP contribution in [0, 0.1) is 0 Å². The van der Waals surface area contributed by atoms with E-state index in [2.05, 4.69) is 15.5 Å². The van der Waals surface area contributed by atoms with Crippen LogP contribution in [0.5, 0.6) is 0 Å². The summed E-state index contributed by atoms with van der Waals surface area (Å²) >= 11 is 0.647. The zero-order valence-electron chi connectivity index (χ0n) is 10.7. The lowest BCUT2D eigenvalue weighted by atomic mass is 10.0. The molecule has 9 heteroatoms. The maximum absolute atomic E-state index is 12.3. The predicted octanol–water partition coefficient (Wildman–Crippen LogP) is 2.93. The van der Waals surface area contributed by atoms with E-state index in [0.29, 0.717) is 11.3 Å². The van der Waals surface area contributed by atoms with Crippen LogP contribution >= 0.6 is 23.7 Å². The molecule has 5 nitrogen and oxygen atoms in total. The molecule has 0 fully saturated rings. The number of carbonyl (C=O) groups is 1. The fraction of sp³-hybridized carbons (Fsp3) is 0.250. The summed E-state index contributed by atoms with van der Waals surface area (Å²) in [7, 11) is 0. The molecule has 0 aliphatic rings. The van der Waals surface area contributed by atoms with Crippen LogP contribution < -0.4 is 11.1 Å². The van der Waals surface area contributed by atoms with Gasteiger partial charge in [0.25, 0.3) is 6.43 Å². The van der Waals surface area contributed by atoms with Gasteiger partial charge in [-0.25, -0.2) is 8.78 Å². The average molecular weight is 335 g/mol. The lowest BCUT2D eigenvalue weighted by Crippen LogP contribution is -2.20. The van der Waals surface area contributed by atoms with Gasteiger partial charge in [-0.3, -0.25) is 4.79 Å². The molecule has 1 atom stereocenters. The number of rotatable bonds is 5. The monoisotopic (exact) mass is 334 g/mol. The molecule has 1 amide bonds. The summed E-state index contributed by atoms with van der Waals surface area (Å²) < 4.78 is 24.6. The first-order valence-corrected chi connectivity index (χ1v) is 6.60. The highest BCUT2D eigenvalue weighted by Gasteiger charge is 2.17. The predicted molar refractivity (Wildman–Crippen MR) is 78.7 cm³/mol. The number of hydrogen-bond acceptors (Lipinski definition) is 5. The Labute approximate surface area is 130 Å². The van der Waals surface area contributed by atoms with Crippen molar-refractivity contribution >= 4 is 34.8 Å². The highest BCUT2D eigenvalue weighted by atomic mass is 35.5. The Morgan fingerprint density at radius 2 is 1.95 bits per heavy atom. The first kappa shape index (κ1) is 17.4. The number of hydrogen-bond donors (Lipinski definition) is 2. The van der Waals surface area contributed by atoms with E-state index >= 15 is 0 Å². The van der Waals surface area contributed by atoms with E-state index in [1.807, 2.05) is 30.3 Å². The second kappa shape index (κ2) is 7.96. The van der Waals surface area contributed by atoms with Crippen molar-refractivity contribution in [2.24, 2.45) is 5.73 Å². The molecule has 1 aromatic heterocycles. The van der Waals surface area contributed by atoms with Crippen molar-refractivity contribution in [1.29, 1.82) is 0 Å². The Bertz CT molecular complexity index is 582. The standard InChI is InChI=1S/C12H12F2N4OS.ClH/c13-10(14)11-17-18-12(20-11)16-9(19)6-8(15)7-4-2-1-3-5-7;/h1-5,8,10H,6,15H2,(H,16,18,19);1H. The average Bonchev–Trinajstić information content (AvgIpc) is 2.88. The summed E-state index contributed by atoms with van der Waals surface area (Å²) in [5, 5.41) is 8.79. The van der Waals surface area contributed by atoms with Crippen LogP contribution in [0.1, 0.15) is 29.5 Å². The minimum Gasteiger partial charge on any atom is -0.324 e. The smallest absolute Gasteiger partial charge is 0.291 e. The van der Waals surface area contributed by atoms with Crippen molar-refractivity contribution in [3.05, 3.63) is 40.9 Å². The first-order chi connectivity index (χ1) is 9.56. The Hall–Kier alpha value is -1.64. The van der Waals surface area contributed by atoms with E-state index in [4.69, 9.17) is 5.73 Å². The molecule has 0 saturated carbocycles. The molecular formula is C12H13ClF2N4OS. The molecule has 2 rings (SSSR count). The molecule has 0 aliphatic carbocycles. The van der Waals surface area contributed by atoms with Crippen molar-refractivity contribution in [3.63, 3.8) is 0 Å². The maximum atomic E-state index is 12.3. The first-order valence-electron chi connectivity index (χ1n) is 5.78. The van der Waals surface area contributed by atoms with Gasteiger partial charge in [-0.2, -0.15) is 0 Å². The van der Waals surface area contributed by atoms with Crippen LogP contribution in [0.15, 0.2) is 30.3 Å². The Kier molecular flexibility index (Phi) is 6.60. The molecule has 0 aliphatic heterocycles. The quantitative estimate of drug-likeness (QED) is 0.881. The van der Waals surface area contributed by atoms with Crippen LogP contribution in [0.4, 0.5) is 13.9 Å². The Balaban J connectivity index is 0.00000220. The molecule has 0 radical (unpaired) electrons. The number of carbonyl (C=O) groups excluding carboxylic acids is 1. The van der Waals surface area contributed by atoms with Crippen LogP contribution in [0.2, 0.25) is 0 Å². The molecule has 3 N–H and O–H groups in total. The Morgan fingerprint density at radius 1 is 1.29 bits per heavy atom. The maximum Gasteiger partial charge on any atom is 0.291 e. The van der Waals surface area contributed by atoms with Crippen molar-refractivity contribution in [3.8, 4) is 0 Å². The van der Waals surface area contributed by atoms with Crippen molar-refractivity contribution in [2.45, 2.75) is 18.9 Å². The summed E-state index contributed by atoms with van der Waals surface area (Å²) in [6.07, 6.45) is -2.65. The molecule has 114 valence electrons. The van der Waals surface area contributed by atoms with E-state index in [0.717, 1.165) is 5.56 Å². The molecule has 0 spiro atoms. The zero-order chi connectivity index (χ0) is 14.5. The minimum absolute atomic E-state index is 0. The third-order valence-corrected chi connectivity index (χ3v) is 3.35. The fourth-order valence-corrected chi connectivity index (χ4v) is 2.18.